The topological polar surface area (TPSA) is 94.4 Å². The van der Waals surface area contributed by atoms with Gasteiger partial charge in [-0.05, 0) is 34.5 Å². The van der Waals surface area contributed by atoms with E-state index < -0.39 is 0 Å². The first-order chi connectivity index (χ1) is 10.9. The summed E-state index contributed by atoms with van der Waals surface area (Å²) in [5, 5.41) is 18.4. The maximum atomic E-state index is 5.38. The van der Waals surface area contributed by atoms with Crippen LogP contribution in [0, 0.1) is 0 Å². The van der Waals surface area contributed by atoms with Gasteiger partial charge in [-0.1, -0.05) is 12.1 Å². The molecule has 2 aromatic heterocycles. The van der Waals surface area contributed by atoms with Crippen molar-refractivity contribution in [3.05, 3.63) is 47.8 Å². The zero-order chi connectivity index (χ0) is 14.8. The van der Waals surface area contributed by atoms with Crippen LogP contribution in [-0.2, 0) is 11.2 Å². The van der Waals surface area contributed by atoms with Crippen LogP contribution < -0.4 is 0 Å². The van der Waals surface area contributed by atoms with E-state index >= 15 is 0 Å². The third-order valence-corrected chi connectivity index (χ3v) is 3.77. The number of aromatic amines is 1. The van der Waals surface area contributed by atoms with Crippen molar-refractivity contribution in [1.29, 1.82) is 0 Å². The minimum atomic E-state index is 0.326. The molecule has 0 bridgehead atoms. The van der Waals surface area contributed by atoms with Crippen LogP contribution in [0.15, 0.2) is 30.6 Å². The van der Waals surface area contributed by atoms with Crippen LogP contribution in [0.2, 0.25) is 0 Å². The van der Waals surface area contributed by atoms with Crippen LogP contribution in [0.5, 0.6) is 0 Å². The quantitative estimate of drug-likeness (QED) is 0.768. The van der Waals surface area contributed by atoms with Crippen molar-refractivity contribution in [3.8, 4) is 5.69 Å². The first-order valence-corrected chi connectivity index (χ1v) is 7.20. The zero-order valence-electron chi connectivity index (χ0n) is 11.9. The third-order valence-electron chi connectivity index (χ3n) is 3.77. The van der Waals surface area contributed by atoms with Gasteiger partial charge in [0.25, 0.3) is 0 Å². The van der Waals surface area contributed by atoms with Crippen molar-refractivity contribution in [2.24, 2.45) is 0 Å². The van der Waals surface area contributed by atoms with Crippen molar-refractivity contribution >= 4 is 0 Å². The van der Waals surface area contributed by atoms with Crippen LogP contribution in [-0.4, -0.2) is 48.6 Å². The number of ether oxygens (including phenoxy) is 1. The number of nitrogens with zero attached hydrogens (tertiary/aromatic N) is 6. The summed E-state index contributed by atoms with van der Waals surface area (Å²) >= 11 is 0. The minimum absolute atomic E-state index is 0.326. The number of hydrogen-bond donors (Lipinski definition) is 1. The molecular formula is C14H15N7O. The van der Waals surface area contributed by atoms with E-state index in [1.807, 2.05) is 24.3 Å². The summed E-state index contributed by atoms with van der Waals surface area (Å²) in [5.74, 6) is 2.06. The Morgan fingerprint density at radius 3 is 2.91 bits per heavy atom. The highest BCUT2D eigenvalue weighted by atomic mass is 16.5. The predicted molar refractivity (Wildman–Crippen MR) is 76.5 cm³/mol. The summed E-state index contributed by atoms with van der Waals surface area (Å²) in [5.41, 5.74) is 2.08. The Balaban J connectivity index is 1.47. The SMILES string of the molecule is c1cc(-n2cnnn2)ccc1Cc1nc([C@@H]2CCOC2)n[nH]1. The Morgan fingerprint density at radius 2 is 2.18 bits per heavy atom. The highest BCUT2D eigenvalue weighted by Crippen LogP contribution is 2.22. The Bertz CT molecular complexity index is 729. The van der Waals surface area contributed by atoms with Gasteiger partial charge in [0.2, 0.25) is 0 Å². The van der Waals surface area contributed by atoms with E-state index in [2.05, 4.69) is 30.7 Å². The van der Waals surface area contributed by atoms with Crippen molar-refractivity contribution < 1.29 is 4.74 Å². The second-order valence-electron chi connectivity index (χ2n) is 5.30. The lowest BCUT2D eigenvalue weighted by Gasteiger charge is -2.02. The maximum Gasteiger partial charge on any atom is 0.156 e. The molecule has 1 aromatic carbocycles. The Kier molecular flexibility index (Phi) is 3.36. The second-order valence-corrected chi connectivity index (χ2v) is 5.30. The molecule has 0 unspecified atom stereocenters. The zero-order valence-corrected chi connectivity index (χ0v) is 11.9. The van der Waals surface area contributed by atoms with Crippen LogP contribution in [0.3, 0.4) is 0 Å². The fraction of sp³-hybridized carbons (Fsp3) is 0.357. The van der Waals surface area contributed by atoms with E-state index in [-0.39, 0.29) is 0 Å². The highest BCUT2D eigenvalue weighted by molar-refractivity contribution is 5.34. The van der Waals surface area contributed by atoms with Crippen molar-refractivity contribution in [3.63, 3.8) is 0 Å². The largest absolute Gasteiger partial charge is 0.381 e. The molecule has 1 atom stereocenters. The average molecular weight is 297 g/mol. The van der Waals surface area contributed by atoms with Gasteiger partial charge in [-0.25, -0.2) is 9.67 Å². The molecule has 3 heterocycles. The highest BCUT2D eigenvalue weighted by Gasteiger charge is 2.21. The lowest BCUT2D eigenvalue weighted by Crippen LogP contribution is -2.00. The molecule has 0 aliphatic carbocycles. The summed E-state index contributed by atoms with van der Waals surface area (Å²) < 4.78 is 7.00. The Morgan fingerprint density at radius 1 is 1.27 bits per heavy atom. The molecule has 0 radical (unpaired) electrons. The average Bonchev–Trinajstić information content (AvgIpc) is 3.30. The third kappa shape index (κ3) is 2.60. The van der Waals surface area contributed by atoms with Crippen LogP contribution in [0.1, 0.15) is 29.6 Å². The first-order valence-electron chi connectivity index (χ1n) is 7.20. The molecule has 1 aliphatic heterocycles. The van der Waals surface area contributed by atoms with Crippen LogP contribution in [0.25, 0.3) is 5.69 Å². The van der Waals surface area contributed by atoms with Gasteiger partial charge in [-0.15, -0.1) is 5.10 Å². The Hall–Kier alpha value is -2.61. The van der Waals surface area contributed by atoms with Gasteiger partial charge in [0.1, 0.15) is 12.2 Å². The van der Waals surface area contributed by atoms with Gasteiger partial charge in [0, 0.05) is 18.9 Å². The fourth-order valence-electron chi connectivity index (χ4n) is 2.55. The molecular weight excluding hydrogens is 282 g/mol. The van der Waals surface area contributed by atoms with Crippen molar-refractivity contribution in [2.45, 2.75) is 18.8 Å². The summed E-state index contributed by atoms with van der Waals surface area (Å²) in [6.45, 7) is 1.52. The predicted octanol–water partition coefficient (Wildman–Crippen LogP) is 0.875. The van der Waals surface area contributed by atoms with Crippen molar-refractivity contribution in [1.82, 2.24) is 35.4 Å². The van der Waals surface area contributed by atoms with E-state index in [9.17, 15) is 0 Å². The fourth-order valence-corrected chi connectivity index (χ4v) is 2.55. The molecule has 1 aliphatic rings. The molecule has 0 saturated carbocycles. The van der Waals surface area contributed by atoms with E-state index in [4.69, 9.17) is 4.74 Å². The van der Waals surface area contributed by atoms with Gasteiger partial charge in [0.15, 0.2) is 5.82 Å². The van der Waals surface area contributed by atoms with Crippen LogP contribution in [0.4, 0.5) is 0 Å². The lowest BCUT2D eigenvalue weighted by atomic mass is 10.1. The number of rotatable bonds is 4. The standard InChI is InChI=1S/C14H15N7O/c1-3-12(21-9-15-19-20-21)4-2-10(1)7-13-16-14(18-17-13)11-5-6-22-8-11/h1-4,9,11H,5-8H2,(H,16,17,18)/t11-/m1/s1. The summed E-state index contributed by atoms with van der Waals surface area (Å²) in [7, 11) is 0. The van der Waals surface area contributed by atoms with Gasteiger partial charge in [-0.2, -0.15) is 5.10 Å². The molecule has 1 N–H and O–H groups in total. The van der Waals surface area contributed by atoms with Gasteiger partial charge in [0.05, 0.1) is 12.3 Å². The van der Waals surface area contributed by atoms with E-state index in [1.54, 1.807) is 11.0 Å². The van der Waals surface area contributed by atoms with Gasteiger partial charge in [-0.3, -0.25) is 5.10 Å². The van der Waals surface area contributed by atoms with E-state index in [0.29, 0.717) is 5.92 Å². The molecule has 1 fully saturated rings. The number of tetrazole rings is 1. The molecule has 0 amide bonds. The normalized spacial score (nSPS) is 17.9. The summed E-state index contributed by atoms with van der Waals surface area (Å²) in [4.78, 5) is 4.58. The molecule has 22 heavy (non-hydrogen) atoms. The van der Waals surface area contributed by atoms with Crippen LogP contribution >= 0.6 is 0 Å². The number of nitrogens with one attached hydrogen (secondary N) is 1. The second kappa shape index (κ2) is 5.64. The molecule has 4 rings (SSSR count). The number of hydrogen-bond acceptors (Lipinski definition) is 6. The molecule has 0 spiro atoms. The number of H-pyrrole nitrogens is 1. The van der Waals surface area contributed by atoms with E-state index in [0.717, 1.165) is 49.0 Å². The van der Waals surface area contributed by atoms with Gasteiger partial charge >= 0.3 is 0 Å². The monoisotopic (exact) mass is 297 g/mol. The maximum absolute atomic E-state index is 5.38. The summed E-state index contributed by atoms with van der Waals surface area (Å²) in [6, 6.07) is 8.04. The molecule has 112 valence electrons. The number of aromatic nitrogens is 7. The Labute approximate surface area is 126 Å². The van der Waals surface area contributed by atoms with E-state index in [1.165, 1.54) is 0 Å². The molecule has 1 saturated heterocycles. The van der Waals surface area contributed by atoms with Gasteiger partial charge < -0.3 is 4.74 Å². The first kappa shape index (κ1) is 13.1. The lowest BCUT2D eigenvalue weighted by molar-refractivity contribution is 0.193. The number of benzene rings is 1. The molecule has 8 heteroatoms. The minimum Gasteiger partial charge on any atom is -0.381 e. The smallest absolute Gasteiger partial charge is 0.156 e. The molecule has 8 nitrogen and oxygen atoms in total. The summed E-state index contributed by atoms with van der Waals surface area (Å²) in [6.07, 6.45) is 3.29. The van der Waals surface area contributed by atoms with Crippen molar-refractivity contribution in [2.75, 3.05) is 13.2 Å². The molecule has 3 aromatic rings.